The van der Waals surface area contributed by atoms with Crippen molar-refractivity contribution in [3.8, 4) is 0 Å². The first-order valence-electron chi connectivity index (χ1n) is 6.83. The second-order valence-corrected chi connectivity index (χ2v) is 5.01. The van der Waals surface area contributed by atoms with Crippen molar-refractivity contribution >= 4 is 0 Å². The van der Waals surface area contributed by atoms with Crippen LogP contribution < -0.4 is 11.3 Å². The van der Waals surface area contributed by atoms with Crippen molar-refractivity contribution in [2.24, 2.45) is 5.84 Å². The first-order chi connectivity index (χ1) is 8.69. The molecule has 0 fully saturated rings. The molecule has 0 aliphatic heterocycles. The minimum absolute atomic E-state index is 0.272. The Balaban J connectivity index is 2.54. The van der Waals surface area contributed by atoms with Crippen LogP contribution in [0.1, 0.15) is 54.8 Å². The molecule has 18 heavy (non-hydrogen) atoms. The van der Waals surface area contributed by atoms with Crippen molar-refractivity contribution in [3.05, 3.63) is 47.5 Å². The molecule has 0 aliphatic carbocycles. The zero-order valence-electron chi connectivity index (χ0n) is 11.7. The van der Waals surface area contributed by atoms with E-state index in [9.17, 15) is 0 Å². The van der Waals surface area contributed by atoms with E-state index in [1.165, 1.54) is 36.0 Å². The molecule has 0 saturated heterocycles. The summed E-state index contributed by atoms with van der Waals surface area (Å²) in [4.78, 5) is 0. The van der Waals surface area contributed by atoms with Crippen molar-refractivity contribution in [3.63, 3.8) is 0 Å². The maximum atomic E-state index is 5.70. The standard InChI is InChI=1S/C16H26N2/c1-4-5-6-7-8-9-16(18-17)15-12-13(2)10-11-14(15)3/h4,10-12,16,18H,1,5-9,17H2,2-3H3. The van der Waals surface area contributed by atoms with Gasteiger partial charge in [-0.2, -0.15) is 0 Å². The molecular formula is C16H26N2. The van der Waals surface area contributed by atoms with E-state index in [2.05, 4.69) is 44.1 Å². The number of hydrazine groups is 1. The van der Waals surface area contributed by atoms with Crippen LogP contribution in [-0.4, -0.2) is 0 Å². The third-order valence-corrected chi connectivity index (χ3v) is 3.41. The van der Waals surface area contributed by atoms with Gasteiger partial charge in [-0.3, -0.25) is 11.3 Å². The van der Waals surface area contributed by atoms with Crippen LogP contribution >= 0.6 is 0 Å². The fraction of sp³-hybridized carbons (Fsp3) is 0.500. The van der Waals surface area contributed by atoms with Crippen molar-refractivity contribution in [2.75, 3.05) is 0 Å². The maximum absolute atomic E-state index is 5.70. The van der Waals surface area contributed by atoms with Gasteiger partial charge < -0.3 is 0 Å². The average molecular weight is 246 g/mol. The molecule has 0 bridgehead atoms. The van der Waals surface area contributed by atoms with Crippen LogP contribution in [0.5, 0.6) is 0 Å². The molecule has 0 amide bonds. The van der Waals surface area contributed by atoms with Gasteiger partial charge in [-0.25, -0.2) is 0 Å². The van der Waals surface area contributed by atoms with Crippen LogP contribution in [0.2, 0.25) is 0 Å². The highest BCUT2D eigenvalue weighted by Crippen LogP contribution is 2.23. The number of hydrogen-bond acceptors (Lipinski definition) is 2. The summed E-state index contributed by atoms with van der Waals surface area (Å²) < 4.78 is 0. The van der Waals surface area contributed by atoms with Gasteiger partial charge in [0, 0.05) is 6.04 Å². The van der Waals surface area contributed by atoms with Gasteiger partial charge in [-0.15, -0.1) is 6.58 Å². The largest absolute Gasteiger partial charge is 0.271 e. The summed E-state index contributed by atoms with van der Waals surface area (Å²) in [5, 5.41) is 0. The summed E-state index contributed by atoms with van der Waals surface area (Å²) in [7, 11) is 0. The normalized spacial score (nSPS) is 12.4. The summed E-state index contributed by atoms with van der Waals surface area (Å²) in [5.41, 5.74) is 6.90. The number of nitrogens with one attached hydrogen (secondary N) is 1. The summed E-state index contributed by atoms with van der Waals surface area (Å²) in [6.07, 6.45) is 7.88. The second-order valence-electron chi connectivity index (χ2n) is 5.01. The Morgan fingerprint density at radius 3 is 2.72 bits per heavy atom. The van der Waals surface area contributed by atoms with Crippen LogP contribution in [0.4, 0.5) is 0 Å². The summed E-state index contributed by atoms with van der Waals surface area (Å²) in [5.74, 6) is 5.70. The van der Waals surface area contributed by atoms with Gasteiger partial charge in [-0.1, -0.05) is 42.7 Å². The predicted octanol–water partition coefficient (Wildman–Crippen LogP) is 3.94. The van der Waals surface area contributed by atoms with Gasteiger partial charge in [0.05, 0.1) is 0 Å². The van der Waals surface area contributed by atoms with Crippen LogP contribution in [0.3, 0.4) is 0 Å². The van der Waals surface area contributed by atoms with Crippen molar-refractivity contribution in [2.45, 2.75) is 52.0 Å². The van der Waals surface area contributed by atoms with Crippen molar-refractivity contribution < 1.29 is 0 Å². The van der Waals surface area contributed by atoms with Gasteiger partial charge in [0.2, 0.25) is 0 Å². The number of hydrogen-bond donors (Lipinski definition) is 2. The van der Waals surface area contributed by atoms with Crippen LogP contribution in [0.15, 0.2) is 30.9 Å². The lowest BCUT2D eigenvalue weighted by molar-refractivity contribution is 0.482. The monoisotopic (exact) mass is 246 g/mol. The van der Waals surface area contributed by atoms with E-state index in [-0.39, 0.29) is 6.04 Å². The number of nitrogens with two attached hydrogens (primary N) is 1. The van der Waals surface area contributed by atoms with E-state index in [1.807, 2.05) is 6.08 Å². The maximum Gasteiger partial charge on any atom is 0.0462 e. The predicted molar refractivity (Wildman–Crippen MR) is 79.3 cm³/mol. The molecule has 0 heterocycles. The van der Waals surface area contributed by atoms with Crippen LogP contribution in [-0.2, 0) is 0 Å². The fourth-order valence-electron chi connectivity index (χ4n) is 2.28. The van der Waals surface area contributed by atoms with Gasteiger partial charge >= 0.3 is 0 Å². The van der Waals surface area contributed by atoms with Gasteiger partial charge in [0.25, 0.3) is 0 Å². The van der Waals surface area contributed by atoms with Crippen molar-refractivity contribution in [1.29, 1.82) is 0 Å². The van der Waals surface area contributed by atoms with Gasteiger partial charge in [-0.05, 0) is 44.2 Å². The molecule has 100 valence electrons. The highest BCUT2D eigenvalue weighted by Gasteiger charge is 2.11. The Morgan fingerprint density at radius 1 is 1.28 bits per heavy atom. The molecule has 1 atom stereocenters. The van der Waals surface area contributed by atoms with E-state index >= 15 is 0 Å². The zero-order valence-corrected chi connectivity index (χ0v) is 11.7. The number of allylic oxidation sites excluding steroid dienone is 1. The SMILES string of the molecule is C=CCCCCCC(NN)c1cc(C)ccc1C. The average Bonchev–Trinajstić information content (AvgIpc) is 2.37. The Hall–Kier alpha value is -1.12. The summed E-state index contributed by atoms with van der Waals surface area (Å²) in [6, 6.07) is 6.83. The molecule has 0 spiro atoms. The summed E-state index contributed by atoms with van der Waals surface area (Å²) >= 11 is 0. The van der Waals surface area contributed by atoms with E-state index < -0.39 is 0 Å². The fourth-order valence-corrected chi connectivity index (χ4v) is 2.28. The van der Waals surface area contributed by atoms with E-state index in [4.69, 9.17) is 5.84 Å². The van der Waals surface area contributed by atoms with Crippen LogP contribution in [0.25, 0.3) is 0 Å². The lowest BCUT2D eigenvalue weighted by Gasteiger charge is -2.19. The molecule has 0 radical (unpaired) electrons. The molecule has 1 aromatic carbocycles. The van der Waals surface area contributed by atoms with Crippen molar-refractivity contribution in [1.82, 2.24) is 5.43 Å². The molecular weight excluding hydrogens is 220 g/mol. The van der Waals surface area contributed by atoms with Crippen LogP contribution in [0, 0.1) is 13.8 Å². The van der Waals surface area contributed by atoms with E-state index in [0.29, 0.717) is 0 Å². The zero-order chi connectivity index (χ0) is 13.4. The molecule has 3 N–H and O–H groups in total. The Kier molecular flexibility index (Phi) is 6.69. The molecule has 2 heteroatoms. The lowest BCUT2D eigenvalue weighted by Crippen LogP contribution is -2.28. The first-order valence-corrected chi connectivity index (χ1v) is 6.83. The minimum atomic E-state index is 0.272. The number of unbranched alkanes of at least 4 members (excludes halogenated alkanes) is 3. The molecule has 0 saturated carbocycles. The number of rotatable bonds is 8. The highest BCUT2D eigenvalue weighted by molar-refractivity contribution is 5.32. The van der Waals surface area contributed by atoms with E-state index in [1.54, 1.807) is 0 Å². The number of aryl methyl sites for hydroxylation is 2. The Morgan fingerprint density at radius 2 is 2.06 bits per heavy atom. The summed E-state index contributed by atoms with van der Waals surface area (Å²) in [6.45, 7) is 8.02. The Bertz CT molecular complexity index is 371. The molecule has 1 unspecified atom stereocenters. The third kappa shape index (κ3) is 4.63. The smallest absolute Gasteiger partial charge is 0.0462 e. The topological polar surface area (TPSA) is 38.0 Å². The van der Waals surface area contributed by atoms with Gasteiger partial charge in [0.1, 0.15) is 0 Å². The molecule has 1 aromatic rings. The highest BCUT2D eigenvalue weighted by atomic mass is 15.2. The Labute approximate surface area is 111 Å². The molecule has 0 aromatic heterocycles. The molecule has 1 rings (SSSR count). The quantitative estimate of drug-likeness (QED) is 0.315. The molecule has 2 nitrogen and oxygen atoms in total. The van der Waals surface area contributed by atoms with Gasteiger partial charge in [0.15, 0.2) is 0 Å². The van der Waals surface area contributed by atoms with E-state index in [0.717, 1.165) is 12.8 Å². The number of benzene rings is 1. The second kappa shape index (κ2) is 8.06. The minimum Gasteiger partial charge on any atom is -0.271 e. The first kappa shape index (κ1) is 14.9. The molecule has 0 aliphatic rings. The lowest BCUT2D eigenvalue weighted by atomic mass is 9.95. The third-order valence-electron chi connectivity index (χ3n) is 3.41.